The SMILES string of the molecule is C=C(/C=C/N)c1cn(C(=O)N(C)C2CCN(CCC)CC2)cn1. The molecule has 6 heteroatoms. The van der Waals surface area contributed by atoms with Gasteiger partial charge in [0.2, 0.25) is 0 Å². The summed E-state index contributed by atoms with van der Waals surface area (Å²) in [5, 5.41) is 0. The third-order valence-electron chi connectivity index (χ3n) is 4.38. The van der Waals surface area contributed by atoms with Crippen LogP contribution in [-0.2, 0) is 0 Å². The number of hydrogen-bond donors (Lipinski definition) is 1. The van der Waals surface area contributed by atoms with Crippen molar-refractivity contribution in [3.05, 3.63) is 37.1 Å². The van der Waals surface area contributed by atoms with E-state index >= 15 is 0 Å². The van der Waals surface area contributed by atoms with E-state index in [1.54, 1.807) is 12.3 Å². The summed E-state index contributed by atoms with van der Waals surface area (Å²) in [6.45, 7) is 9.34. The van der Waals surface area contributed by atoms with Crippen LogP contribution >= 0.6 is 0 Å². The van der Waals surface area contributed by atoms with Crippen LogP contribution in [0.25, 0.3) is 5.57 Å². The Labute approximate surface area is 138 Å². The Hall–Kier alpha value is -2.08. The molecule has 1 saturated heterocycles. The number of rotatable bonds is 5. The Morgan fingerprint density at radius 2 is 2.22 bits per heavy atom. The van der Waals surface area contributed by atoms with Gasteiger partial charge in [-0.05, 0) is 43.7 Å². The summed E-state index contributed by atoms with van der Waals surface area (Å²) in [6, 6.07) is 0.232. The maximum atomic E-state index is 12.6. The lowest BCUT2D eigenvalue weighted by atomic mass is 10.0. The number of carbonyl (C=O) groups excluding carboxylic acids is 1. The summed E-state index contributed by atoms with van der Waals surface area (Å²) in [4.78, 5) is 21.1. The van der Waals surface area contributed by atoms with E-state index in [9.17, 15) is 4.79 Å². The van der Waals surface area contributed by atoms with Gasteiger partial charge < -0.3 is 15.5 Å². The number of hydrogen-bond acceptors (Lipinski definition) is 4. The largest absolute Gasteiger partial charge is 0.405 e. The smallest absolute Gasteiger partial charge is 0.329 e. The van der Waals surface area contributed by atoms with Gasteiger partial charge in [0.15, 0.2) is 0 Å². The Kier molecular flexibility index (Phi) is 5.98. The monoisotopic (exact) mass is 317 g/mol. The molecule has 0 spiro atoms. The molecule has 0 radical (unpaired) electrons. The number of nitrogens with zero attached hydrogens (tertiary/aromatic N) is 4. The van der Waals surface area contributed by atoms with E-state index in [2.05, 4.69) is 23.4 Å². The molecule has 0 saturated carbocycles. The first-order valence-electron chi connectivity index (χ1n) is 8.17. The van der Waals surface area contributed by atoms with Gasteiger partial charge in [-0.2, -0.15) is 0 Å². The molecular weight excluding hydrogens is 290 g/mol. The van der Waals surface area contributed by atoms with E-state index in [1.165, 1.54) is 23.5 Å². The number of nitrogens with two attached hydrogens (primary N) is 1. The van der Waals surface area contributed by atoms with Crippen molar-refractivity contribution in [3.8, 4) is 0 Å². The number of aromatic nitrogens is 2. The van der Waals surface area contributed by atoms with Gasteiger partial charge in [-0.1, -0.05) is 13.5 Å². The Balaban J connectivity index is 1.96. The molecule has 2 N–H and O–H groups in total. The molecule has 1 aliphatic rings. The molecule has 1 aromatic rings. The molecule has 1 aliphatic heterocycles. The highest BCUT2D eigenvalue weighted by molar-refractivity contribution is 5.78. The summed E-state index contributed by atoms with van der Waals surface area (Å²) in [7, 11) is 1.87. The van der Waals surface area contributed by atoms with Crippen molar-refractivity contribution in [2.45, 2.75) is 32.2 Å². The maximum Gasteiger partial charge on any atom is 0.329 e. The predicted molar refractivity (Wildman–Crippen MR) is 92.9 cm³/mol. The lowest BCUT2D eigenvalue weighted by Crippen LogP contribution is -2.46. The topological polar surface area (TPSA) is 67.4 Å². The van der Waals surface area contributed by atoms with Crippen molar-refractivity contribution in [2.75, 3.05) is 26.7 Å². The van der Waals surface area contributed by atoms with Gasteiger partial charge in [-0.15, -0.1) is 0 Å². The Morgan fingerprint density at radius 3 is 2.83 bits per heavy atom. The maximum absolute atomic E-state index is 12.6. The third kappa shape index (κ3) is 4.22. The molecule has 1 fully saturated rings. The van der Waals surface area contributed by atoms with Crippen molar-refractivity contribution < 1.29 is 4.79 Å². The van der Waals surface area contributed by atoms with E-state index in [1.807, 2.05) is 11.9 Å². The fraction of sp³-hybridized carbons (Fsp3) is 0.529. The molecule has 6 nitrogen and oxygen atoms in total. The van der Waals surface area contributed by atoms with E-state index < -0.39 is 0 Å². The van der Waals surface area contributed by atoms with Gasteiger partial charge in [0.25, 0.3) is 0 Å². The highest BCUT2D eigenvalue weighted by Gasteiger charge is 2.25. The zero-order valence-corrected chi connectivity index (χ0v) is 14.1. The highest BCUT2D eigenvalue weighted by atomic mass is 16.2. The van der Waals surface area contributed by atoms with Gasteiger partial charge in [-0.25, -0.2) is 9.78 Å². The van der Waals surface area contributed by atoms with Crippen LogP contribution in [0.2, 0.25) is 0 Å². The van der Waals surface area contributed by atoms with Crippen LogP contribution in [0.3, 0.4) is 0 Å². The van der Waals surface area contributed by atoms with Crippen LogP contribution in [0.15, 0.2) is 31.4 Å². The number of allylic oxidation sites excluding steroid dienone is 2. The lowest BCUT2D eigenvalue weighted by molar-refractivity contribution is 0.135. The van der Waals surface area contributed by atoms with Gasteiger partial charge in [-0.3, -0.25) is 4.57 Å². The summed E-state index contributed by atoms with van der Waals surface area (Å²) in [5.41, 5.74) is 6.70. The first-order chi connectivity index (χ1) is 11.1. The number of likely N-dealkylation sites (tertiary alicyclic amines) is 1. The highest BCUT2D eigenvalue weighted by Crippen LogP contribution is 2.17. The molecule has 0 bridgehead atoms. The fourth-order valence-electron chi connectivity index (χ4n) is 2.98. The van der Waals surface area contributed by atoms with Crippen molar-refractivity contribution in [1.82, 2.24) is 19.4 Å². The quantitative estimate of drug-likeness (QED) is 0.845. The molecule has 23 heavy (non-hydrogen) atoms. The molecule has 126 valence electrons. The summed E-state index contributed by atoms with van der Waals surface area (Å²) in [6.07, 6.45) is 9.55. The molecule has 1 amide bonds. The summed E-state index contributed by atoms with van der Waals surface area (Å²) < 4.78 is 1.52. The second kappa shape index (κ2) is 7.97. The zero-order valence-electron chi connectivity index (χ0n) is 14.1. The number of carbonyl (C=O) groups is 1. The molecule has 0 atom stereocenters. The van der Waals surface area contributed by atoms with Crippen LogP contribution in [0.5, 0.6) is 0 Å². The van der Waals surface area contributed by atoms with Gasteiger partial charge in [0, 0.05) is 32.4 Å². The van der Waals surface area contributed by atoms with Crippen molar-refractivity contribution in [2.24, 2.45) is 5.73 Å². The minimum atomic E-state index is -0.0535. The van der Waals surface area contributed by atoms with Crippen molar-refractivity contribution in [1.29, 1.82) is 0 Å². The second-order valence-electron chi connectivity index (χ2n) is 6.02. The van der Waals surface area contributed by atoms with Gasteiger partial charge in [0.1, 0.15) is 6.33 Å². The molecule has 2 heterocycles. The summed E-state index contributed by atoms with van der Waals surface area (Å²) in [5.74, 6) is 0. The third-order valence-corrected chi connectivity index (χ3v) is 4.38. The predicted octanol–water partition coefficient (Wildman–Crippen LogP) is 2.14. The second-order valence-corrected chi connectivity index (χ2v) is 6.02. The van der Waals surface area contributed by atoms with Crippen LogP contribution in [0.4, 0.5) is 4.79 Å². The Bertz CT molecular complexity index is 569. The average Bonchev–Trinajstić information content (AvgIpc) is 3.05. The van der Waals surface area contributed by atoms with Crippen LogP contribution < -0.4 is 5.73 Å². The van der Waals surface area contributed by atoms with E-state index in [4.69, 9.17) is 5.73 Å². The van der Waals surface area contributed by atoms with Crippen molar-refractivity contribution in [3.63, 3.8) is 0 Å². The number of amides is 1. The first-order valence-corrected chi connectivity index (χ1v) is 8.17. The van der Waals surface area contributed by atoms with Gasteiger partial charge >= 0.3 is 6.03 Å². The minimum absolute atomic E-state index is 0.0535. The summed E-state index contributed by atoms with van der Waals surface area (Å²) >= 11 is 0. The average molecular weight is 317 g/mol. The number of imidazole rings is 1. The molecule has 0 aliphatic carbocycles. The van der Waals surface area contributed by atoms with Crippen LogP contribution in [-0.4, -0.2) is 58.1 Å². The lowest BCUT2D eigenvalue weighted by Gasteiger charge is -2.36. The molecule has 0 unspecified atom stereocenters. The van der Waals surface area contributed by atoms with E-state index in [0.29, 0.717) is 11.3 Å². The normalized spacial score (nSPS) is 16.8. The van der Waals surface area contributed by atoms with Crippen molar-refractivity contribution >= 4 is 11.6 Å². The molecule has 0 aromatic carbocycles. The van der Waals surface area contributed by atoms with Crippen LogP contribution in [0.1, 0.15) is 31.9 Å². The van der Waals surface area contributed by atoms with Crippen LogP contribution in [0, 0.1) is 0 Å². The minimum Gasteiger partial charge on any atom is -0.405 e. The first kappa shape index (κ1) is 17.3. The molecule has 1 aromatic heterocycles. The van der Waals surface area contributed by atoms with Gasteiger partial charge in [0.05, 0.1) is 5.69 Å². The standard InChI is InChI=1S/C17H27N5O/c1-4-9-21-10-6-15(7-11-21)20(3)17(23)22-12-16(19-13-22)14(2)5-8-18/h5,8,12-13,15H,2,4,6-7,9-11,18H2,1,3H3/b8-5+. The Morgan fingerprint density at radius 1 is 1.52 bits per heavy atom. The van der Waals surface area contributed by atoms with E-state index in [0.717, 1.165) is 32.5 Å². The molecular formula is C17H27N5O. The zero-order chi connectivity index (χ0) is 16.8. The molecule has 2 rings (SSSR count). The number of piperidine rings is 1. The fourth-order valence-corrected chi connectivity index (χ4v) is 2.98. The van der Waals surface area contributed by atoms with E-state index in [-0.39, 0.29) is 12.1 Å².